The third-order valence-corrected chi connectivity index (χ3v) is 7.98. The van der Waals surface area contributed by atoms with E-state index in [1.807, 2.05) is 0 Å². The van der Waals surface area contributed by atoms with Gasteiger partial charge >= 0.3 is 0 Å². The van der Waals surface area contributed by atoms with Crippen molar-refractivity contribution in [2.24, 2.45) is 0 Å². The maximum absolute atomic E-state index is 12.0. The zero-order valence-corrected chi connectivity index (χ0v) is 21.6. The number of phenolic OH excluding ortho intramolecular Hbond substituents is 8. The molecule has 0 spiro atoms. The van der Waals surface area contributed by atoms with Crippen molar-refractivity contribution in [3.63, 3.8) is 0 Å². The number of aliphatic hydroxyl groups excluding tert-OH is 2. The Balaban J connectivity index is 1.74. The molecule has 2 heterocycles. The van der Waals surface area contributed by atoms with Crippen LogP contribution in [0.2, 0.25) is 0 Å². The molecule has 12 heteroatoms. The minimum atomic E-state index is -2.31. The maximum atomic E-state index is 12.0. The summed E-state index contributed by atoms with van der Waals surface area (Å²) < 4.78 is 12.9. The third-order valence-electron chi connectivity index (χ3n) is 7.98. The summed E-state index contributed by atoms with van der Waals surface area (Å²) in [6.45, 7) is 0. The zero-order chi connectivity index (χ0) is 30.1. The summed E-state index contributed by atoms with van der Waals surface area (Å²) in [7, 11) is 0. The van der Waals surface area contributed by atoms with E-state index in [1.165, 1.54) is 24.3 Å². The van der Waals surface area contributed by atoms with Crippen molar-refractivity contribution in [3.05, 3.63) is 82.9 Å². The minimum absolute atomic E-state index is 0.0572. The van der Waals surface area contributed by atoms with Crippen LogP contribution >= 0.6 is 0 Å². The van der Waals surface area contributed by atoms with Crippen LogP contribution in [0, 0.1) is 0 Å². The highest BCUT2D eigenvalue weighted by Gasteiger charge is 2.69. The molecule has 0 bridgehead atoms. The summed E-state index contributed by atoms with van der Waals surface area (Å²) in [5.41, 5.74) is -4.54. The lowest BCUT2D eigenvalue weighted by Gasteiger charge is -2.57. The van der Waals surface area contributed by atoms with E-state index in [0.717, 1.165) is 36.4 Å². The Labute approximate surface area is 237 Å². The van der Waals surface area contributed by atoms with E-state index >= 15 is 0 Å². The fraction of sp³-hybridized carbons (Fsp3) is 0.200. The largest absolute Gasteiger partial charge is 0.508 e. The van der Waals surface area contributed by atoms with Gasteiger partial charge in [-0.05, 0) is 24.3 Å². The van der Waals surface area contributed by atoms with Crippen molar-refractivity contribution in [3.8, 4) is 57.5 Å². The summed E-state index contributed by atoms with van der Waals surface area (Å²) in [5.74, 6) is -4.14. The van der Waals surface area contributed by atoms with Gasteiger partial charge in [-0.2, -0.15) is 0 Å². The number of hydrogen-bond acceptors (Lipinski definition) is 12. The Kier molecular flexibility index (Phi) is 5.89. The number of phenols is 8. The second-order valence-corrected chi connectivity index (χ2v) is 10.4. The molecule has 0 aliphatic carbocycles. The number of benzene rings is 4. The van der Waals surface area contributed by atoms with Gasteiger partial charge in [-0.1, -0.05) is 12.1 Å². The molecule has 4 unspecified atom stereocenters. The van der Waals surface area contributed by atoms with Crippen molar-refractivity contribution in [2.45, 2.75) is 36.3 Å². The summed E-state index contributed by atoms with van der Waals surface area (Å²) >= 11 is 0. The second-order valence-electron chi connectivity index (χ2n) is 10.4. The Morgan fingerprint density at radius 1 is 0.476 bits per heavy atom. The molecule has 6 rings (SSSR count). The van der Waals surface area contributed by atoms with Crippen LogP contribution in [0.5, 0.6) is 57.5 Å². The minimum Gasteiger partial charge on any atom is -0.508 e. The van der Waals surface area contributed by atoms with Crippen LogP contribution in [0.3, 0.4) is 0 Å². The first-order chi connectivity index (χ1) is 19.9. The van der Waals surface area contributed by atoms with E-state index in [-0.39, 0.29) is 46.6 Å². The highest BCUT2D eigenvalue weighted by atomic mass is 16.6. The average Bonchev–Trinajstić information content (AvgIpc) is 2.92. The summed E-state index contributed by atoms with van der Waals surface area (Å²) in [4.78, 5) is 0. The van der Waals surface area contributed by atoms with Crippen molar-refractivity contribution in [1.82, 2.24) is 0 Å². The highest BCUT2D eigenvalue weighted by molar-refractivity contribution is 5.58. The lowest BCUT2D eigenvalue weighted by atomic mass is 9.63. The number of aliphatic hydroxyl groups is 2. The van der Waals surface area contributed by atoms with Gasteiger partial charge in [-0.25, -0.2) is 0 Å². The normalized spacial score (nSPS) is 24.6. The smallest absolute Gasteiger partial charge is 0.206 e. The first-order valence-electron chi connectivity index (χ1n) is 12.8. The number of fused-ring (bicyclic) bond motifs is 2. The SMILES string of the molecule is Oc1cc(O)c2c(c1)OC(c1ccc(O)c(O)c1)(C1(c3ccc(O)c(O)c3)Oc3cc(O)cc(O)c3CC1O)C(O)C2. The van der Waals surface area contributed by atoms with Crippen molar-refractivity contribution in [2.75, 3.05) is 0 Å². The predicted molar refractivity (Wildman–Crippen MR) is 143 cm³/mol. The standard InChI is InChI=1S/C30H26O12/c31-15-7-21(35)17-11-27(39)29(41-25(17)9-15,13-1-3-19(33)23(37)5-13)30(14-2-4-20(34)24(38)6-14)28(40)12-18-22(36)8-16(32)10-26(18)42-30/h1-10,27-28,31-40H,11-12H2. The molecule has 218 valence electrons. The van der Waals surface area contributed by atoms with Gasteiger partial charge in [-0.3, -0.25) is 0 Å². The maximum Gasteiger partial charge on any atom is 0.206 e. The van der Waals surface area contributed by atoms with E-state index < -0.39 is 69.4 Å². The summed E-state index contributed by atoms with van der Waals surface area (Å²) in [6, 6.07) is 11.4. The molecule has 4 aromatic carbocycles. The van der Waals surface area contributed by atoms with Crippen LogP contribution in [0.15, 0.2) is 60.7 Å². The van der Waals surface area contributed by atoms with Gasteiger partial charge < -0.3 is 60.5 Å². The van der Waals surface area contributed by atoms with Crippen molar-refractivity contribution in [1.29, 1.82) is 0 Å². The number of hydrogen-bond donors (Lipinski definition) is 10. The number of aromatic hydroxyl groups is 8. The van der Waals surface area contributed by atoms with Gasteiger partial charge in [0.1, 0.15) is 46.7 Å². The Bertz CT molecular complexity index is 1610. The topological polar surface area (TPSA) is 221 Å². The van der Waals surface area contributed by atoms with E-state index in [9.17, 15) is 51.1 Å². The van der Waals surface area contributed by atoms with E-state index in [2.05, 4.69) is 0 Å². The van der Waals surface area contributed by atoms with E-state index in [4.69, 9.17) is 9.47 Å². The Morgan fingerprint density at radius 3 is 1.21 bits per heavy atom. The van der Waals surface area contributed by atoms with Crippen LogP contribution in [0.1, 0.15) is 22.3 Å². The van der Waals surface area contributed by atoms with Gasteiger partial charge in [0.25, 0.3) is 0 Å². The average molecular weight is 579 g/mol. The fourth-order valence-electron chi connectivity index (χ4n) is 6.07. The first kappa shape index (κ1) is 27.0. The molecule has 0 amide bonds. The first-order valence-corrected chi connectivity index (χ1v) is 12.8. The quantitative estimate of drug-likeness (QED) is 0.158. The van der Waals surface area contributed by atoms with Gasteiger partial charge in [-0.15, -0.1) is 0 Å². The second kappa shape index (κ2) is 9.16. The molecule has 0 aromatic heterocycles. The zero-order valence-electron chi connectivity index (χ0n) is 21.6. The van der Waals surface area contributed by atoms with Gasteiger partial charge in [0, 0.05) is 59.4 Å². The van der Waals surface area contributed by atoms with Crippen molar-refractivity contribution < 1.29 is 60.5 Å². The van der Waals surface area contributed by atoms with E-state index in [1.54, 1.807) is 0 Å². The molecule has 4 atom stereocenters. The molecule has 0 fully saturated rings. The van der Waals surface area contributed by atoms with Crippen LogP contribution in [0.25, 0.3) is 0 Å². The molecule has 0 radical (unpaired) electrons. The molecular formula is C30H26O12. The molecule has 2 aliphatic heterocycles. The van der Waals surface area contributed by atoms with Gasteiger partial charge in [0.05, 0.1) is 0 Å². The van der Waals surface area contributed by atoms with Crippen LogP contribution in [0.4, 0.5) is 0 Å². The number of rotatable bonds is 3. The molecule has 4 aromatic rings. The third kappa shape index (κ3) is 3.69. The molecule has 2 aliphatic rings. The molecule has 0 saturated carbocycles. The summed E-state index contributed by atoms with van der Waals surface area (Å²) in [5, 5.41) is 107. The van der Waals surface area contributed by atoms with Gasteiger partial charge in [0.15, 0.2) is 23.0 Å². The van der Waals surface area contributed by atoms with Crippen LogP contribution in [-0.4, -0.2) is 63.3 Å². The molecular weight excluding hydrogens is 552 g/mol. The molecule has 0 saturated heterocycles. The Hall–Kier alpha value is -5.20. The van der Waals surface area contributed by atoms with Gasteiger partial charge in [0.2, 0.25) is 11.2 Å². The molecule has 10 N–H and O–H groups in total. The van der Waals surface area contributed by atoms with Crippen LogP contribution < -0.4 is 9.47 Å². The van der Waals surface area contributed by atoms with Crippen molar-refractivity contribution >= 4 is 0 Å². The Morgan fingerprint density at radius 2 is 0.857 bits per heavy atom. The fourth-order valence-corrected chi connectivity index (χ4v) is 6.07. The van der Waals surface area contributed by atoms with E-state index in [0.29, 0.717) is 0 Å². The predicted octanol–water partition coefficient (Wildman–Crippen LogP) is 2.41. The lowest BCUT2D eigenvalue weighted by molar-refractivity contribution is -0.238. The highest BCUT2D eigenvalue weighted by Crippen LogP contribution is 2.59. The molecule has 42 heavy (non-hydrogen) atoms. The monoisotopic (exact) mass is 578 g/mol. The van der Waals surface area contributed by atoms with Crippen LogP contribution in [-0.2, 0) is 24.0 Å². The molecule has 12 nitrogen and oxygen atoms in total. The number of ether oxygens (including phenoxy) is 2. The lowest BCUT2D eigenvalue weighted by Crippen LogP contribution is -2.70. The summed E-state index contributed by atoms with van der Waals surface area (Å²) in [6.07, 6.45) is -4.13.